The summed E-state index contributed by atoms with van der Waals surface area (Å²) in [5.74, 6) is 0. The molecule has 0 bridgehead atoms. The Morgan fingerprint density at radius 3 is 2.80 bits per heavy atom. The molecule has 0 aliphatic heterocycles. The lowest BCUT2D eigenvalue weighted by atomic mass is 10.3. The van der Waals surface area contributed by atoms with Crippen molar-refractivity contribution in [2.45, 2.75) is 20.3 Å². The lowest BCUT2D eigenvalue weighted by Crippen LogP contribution is -1.96. The van der Waals surface area contributed by atoms with Gasteiger partial charge in [-0.25, -0.2) is 4.98 Å². The van der Waals surface area contributed by atoms with E-state index in [0.717, 1.165) is 22.8 Å². The maximum absolute atomic E-state index is 4.50. The van der Waals surface area contributed by atoms with Crippen molar-refractivity contribution >= 4 is 43.7 Å². The summed E-state index contributed by atoms with van der Waals surface area (Å²) in [4.78, 5) is 7.09. The number of aryl methyl sites for hydroxylation is 1. The Morgan fingerprint density at radius 2 is 2.05 bits per heavy atom. The Kier molecular flexibility index (Phi) is 3.80. The van der Waals surface area contributed by atoms with Crippen LogP contribution >= 0.6 is 22.7 Å². The van der Waals surface area contributed by atoms with Gasteiger partial charge in [0, 0.05) is 4.88 Å². The molecule has 3 aromatic rings. The Bertz CT molecular complexity index is 722. The van der Waals surface area contributed by atoms with Crippen LogP contribution in [0.1, 0.15) is 23.6 Å². The van der Waals surface area contributed by atoms with Crippen molar-refractivity contribution in [1.29, 1.82) is 0 Å². The highest BCUT2D eigenvalue weighted by Gasteiger charge is 2.04. The second-order valence-corrected chi connectivity index (χ2v) is 6.61. The van der Waals surface area contributed by atoms with E-state index in [0.29, 0.717) is 0 Å². The minimum Gasteiger partial charge on any atom is -0.252 e. The van der Waals surface area contributed by atoms with Crippen molar-refractivity contribution in [2.24, 2.45) is 5.10 Å². The third-order valence-corrected chi connectivity index (χ3v) is 5.26. The molecule has 1 N–H and O–H groups in total. The van der Waals surface area contributed by atoms with Crippen LogP contribution in [0.4, 0.5) is 5.13 Å². The highest BCUT2D eigenvalue weighted by atomic mass is 32.1. The highest BCUT2D eigenvalue weighted by molar-refractivity contribution is 7.22. The molecule has 0 aliphatic rings. The summed E-state index contributed by atoms with van der Waals surface area (Å²) in [6.07, 6.45) is 1.07. The number of thiazole rings is 1. The Labute approximate surface area is 126 Å². The molecule has 0 atom stereocenters. The van der Waals surface area contributed by atoms with Gasteiger partial charge in [0.05, 0.1) is 20.8 Å². The smallest absolute Gasteiger partial charge is 0.204 e. The number of fused-ring (bicyclic) bond motifs is 1. The summed E-state index contributed by atoms with van der Waals surface area (Å²) in [7, 11) is 0. The van der Waals surface area contributed by atoms with Gasteiger partial charge in [0.25, 0.3) is 0 Å². The topological polar surface area (TPSA) is 37.3 Å². The lowest BCUT2D eigenvalue weighted by molar-refractivity contribution is 1.19. The van der Waals surface area contributed by atoms with E-state index in [-0.39, 0.29) is 0 Å². The van der Waals surface area contributed by atoms with Crippen molar-refractivity contribution in [3.05, 3.63) is 46.2 Å². The van der Waals surface area contributed by atoms with E-state index in [1.54, 1.807) is 22.7 Å². The maximum atomic E-state index is 4.50. The minimum absolute atomic E-state index is 0.831. The van der Waals surface area contributed by atoms with Crippen LogP contribution in [0.15, 0.2) is 41.5 Å². The fourth-order valence-corrected chi connectivity index (χ4v) is 3.57. The fraction of sp³-hybridized carbons (Fsp3) is 0.200. The third kappa shape index (κ3) is 2.73. The average Bonchev–Trinajstić information content (AvgIpc) is 3.10. The van der Waals surface area contributed by atoms with Gasteiger partial charge in [0.15, 0.2) is 0 Å². The molecule has 0 aliphatic carbocycles. The highest BCUT2D eigenvalue weighted by Crippen LogP contribution is 2.25. The Hall–Kier alpha value is -1.72. The predicted octanol–water partition coefficient (Wildman–Crippen LogP) is 4.76. The maximum Gasteiger partial charge on any atom is 0.204 e. The first-order chi connectivity index (χ1) is 9.76. The third-order valence-electron chi connectivity index (χ3n) is 2.98. The summed E-state index contributed by atoms with van der Waals surface area (Å²) < 4.78 is 1.17. The van der Waals surface area contributed by atoms with Crippen LogP contribution in [0.3, 0.4) is 0 Å². The van der Waals surface area contributed by atoms with Crippen LogP contribution in [-0.4, -0.2) is 10.7 Å². The monoisotopic (exact) mass is 301 g/mol. The van der Waals surface area contributed by atoms with E-state index >= 15 is 0 Å². The van der Waals surface area contributed by atoms with E-state index < -0.39 is 0 Å². The molecule has 0 saturated heterocycles. The molecule has 3 rings (SSSR count). The van der Waals surface area contributed by atoms with Gasteiger partial charge in [-0.2, -0.15) is 5.10 Å². The number of aromatic nitrogens is 1. The molecule has 0 saturated carbocycles. The van der Waals surface area contributed by atoms with Crippen LogP contribution in [-0.2, 0) is 6.42 Å². The Balaban J connectivity index is 1.78. The Morgan fingerprint density at radius 1 is 1.20 bits per heavy atom. The number of hydrogen-bond donors (Lipinski definition) is 1. The second-order valence-electron chi connectivity index (χ2n) is 4.42. The summed E-state index contributed by atoms with van der Waals surface area (Å²) >= 11 is 3.41. The number of para-hydroxylation sites is 1. The zero-order valence-electron chi connectivity index (χ0n) is 11.4. The molecular weight excluding hydrogens is 286 g/mol. The number of nitrogens with one attached hydrogen (secondary N) is 1. The van der Waals surface area contributed by atoms with Gasteiger partial charge in [-0.1, -0.05) is 30.4 Å². The van der Waals surface area contributed by atoms with Crippen LogP contribution in [0.25, 0.3) is 10.2 Å². The number of benzene rings is 1. The van der Waals surface area contributed by atoms with Gasteiger partial charge in [0.1, 0.15) is 0 Å². The molecule has 0 unspecified atom stereocenters. The number of hydrazone groups is 1. The first kappa shape index (κ1) is 13.3. The number of hydrogen-bond acceptors (Lipinski definition) is 5. The standard InChI is InChI=1S/C15H15N3S2/c1-3-11-8-9-13(19-11)10(2)17-18-15-16-12-6-4-5-7-14(12)20-15/h4-9H,3H2,1-2H3,(H,16,18). The van der Waals surface area contributed by atoms with Crippen LogP contribution in [0.2, 0.25) is 0 Å². The van der Waals surface area contributed by atoms with Gasteiger partial charge < -0.3 is 0 Å². The van der Waals surface area contributed by atoms with Gasteiger partial charge >= 0.3 is 0 Å². The zero-order valence-corrected chi connectivity index (χ0v) is 13.0. The summed E-state index contributed by atoms with van der Waals surface area (Å²) in [6, 6.07) is 12.4. The quantitative estimate of drug-likeness (QED) is 0.557. The molecule has 0 amide bonds. The summed E-state index contributed by atoms with van der Waals surface area (Å²) in [6.45, 7) is 4.19. The normalized spacial score (nSPS) is 12.0. The van der Waals surface area contributed by atoms with Crippen molar-refractivity contribution in [3.8, 4) is 0 Å². The molecule has 0 fully saturated rings. The molecule has 3 nitrogen and oxygen atoms in total. The van der Waals surface area contributed by atoms with Gasteiger partial charge in [-0.05, 0) is 37.6 Å². The van der Waals surface area contributed by atoms with Gasteiger partial charge in [-0.15, -0.1) is 11.3 Å². The second kappa shape index (κ2) is 5.73. The molecule has 0 spiro atoms. The van der Waals surface area contributed by atoms with Crippen molar-refractivity contribution in [2.75, 3.05) is 5.43 Å². The van der Waals surface area contributed by atoms with E-state index in [4.69, 9.17) is 0 Å². The predicted molar refractivity (Wildman–Crippen MR) is 89.2 cm³/mol. The average molecular weight is 301 g/mol. The largest absolute Gasteiger partial charge is 0.252 e. The number of rotatable bonds is 4. The number of nitrogens with zero attached hydrogens (tertiary/aromatic N) is 2. The molecular formula is C15H15N3S2. The molecule has 20 heavy (non-hydrogen) atoms. The zero-order chi connectivity index (χ0) is 13.9. The number of anilines is 1. The molecule has 5 heteroatoms. The van der Waals surface area contributed by atoms with Crippen LogP contribution in [0.5, 0.6) is 0 Å². The molecule has 1 aromatic carbocycles. The first-order valence-electron chi connectivity index (χ1n) is 6.51. The van der Waals surface area contributed by atoms with Crippen molar-refractivity contribution in [1.82, 2.24) is 4.98 Å². The fourth-order valence-electron chi connectivity index (χ4n) is 1.87. The molecule has 2 aromatic heterocycles. The molecule has 2 heterocycles. The van der Waals surface area contributed by atoms with E-state index in [2.05, 4.69) is 40.6 Å². The summed E-state index contributed by atoms with van der Waals surface area (Å²) in [5, 5.41) is 5.26. The van der Waals surface area contributed by atoms with E-state index in [1.807, 2.05) is 25.1 Å². The molecule has 0 radical (unpaired) electrons. The van der Waals surface area contributed by atoms with E-state index in [9.17, 15) is 0 Å². The van der Waals surface area contributed by atoms with Gasteiger partial charge in [-0.3, -0.25) is 5.43 Å². The number of thiophene rings is 1. The minimum atomic E-state index is 0.831. The SMILES string of the molecule is CCc1ccc(C(C)=NNc2nc3ccccc3s2)s1. The van der Waals surface area contributed by atoms with Gasteiger partial charge in [0.2, 0.25) is 5.13 Å². The van der Waals surface area contributed by atoms with E-state index in [1.165, 1.54) is 14.5 Å². The first-order valence-corrected chi connectivity index (χ1v) is 8.14. The van der Waals surface area contributed by atoms with Crippen molar-refractivity contribution in [3.63, 3.8) is 0 Å². The van der Waals surface area contributed by atoms with Crippen molar-refractivity contribution < 1.29 is 0 Å². The molecule has 102 valence electrons. The lowest BCUT2D eigenvalue weighted by Gasteiger charge is -1.97. The van der Waals surface area contributed by atoms with Crippen LogP contribution < -0.4 is 5.43 Å². The summed E-state index contributed by atoms with van der Waals surface area (Å²) in [5.41, 5.74) is 5.07. The van der Waals surface area contributed by atoms with Crippen LogP contribution in [0, 0.1) is 0 Å².